The van der Waals surface area contributed by atoms with Gasteiger partial charge < -0.3 is 47.6 Å². The average Bonchev–Trinajstić information content (AvgIpc) is 2.67. The Morgan fingerprint density at radius 3 is 1.58 bits per heavy atom. The Balaban J connectivity index is 1.22. The number of primary amides is 2. The number of benzene rings is 4. The summed E-state index contributed by atoms with van der Waals surface area (Å²) in [4.78, 5) is 102. The molecule has 0 fully saturated rings. The van der Waals surface area contributed by atoms with E-state index in [0.717, 1.165) is 47.5 Å². The van der Waals surface area contributed by atoms with Crippen molar-refractivity contribution in [2.24, 2.45) is 31.9 Å². The molecular formula is C55H57N17O10S4. The zero-order valence-corrected chi connectivity index (χ0v) is 50.2. The quantitative estimate of drug-likeness (QED) is 0.00565. The average molecular weight is 1240 g/mol. The van der Waals surface area contributed by atoms with Crippen LogP contribution in [0.15, 0.2) is 133 Å². The first-order valence-corrected chi connectivity index (χ1v) is 30.1. The van der Waals surface area contributed by atoms with Gasteiger partial charge in [-0.15, -0.1) is 20.5 Å². The van der Waals surface area contributed by atoms with Crippen LogP contribution in [0.2, 0.25) is 0 Å². The van der Waals surface area contributed by atoms with Crippen molar-refractivity contribution in [2.45, 2.75) is 51.7 Å². The summed E-state index contributed by atoms with van der Waals surface area (Å²) in [7, 11) is -5.07. The fourth-order valence-electron chi connectivity index (χ4n) is 7.94. The second kappa shape index (κ2) is 29.3. The zero-order valence-electron chi connectivity index (χ0n) is 46.9. The third kappa shape index (κ3) is 17.1. The number of amides is 4. The molecule has 7 rings (SSSR count). The minimum atomic E-state index is -5.07. The van der Waals surface area contributed by atoms with E-state index in [1.807, 2.05) is 39.8 Å². The van der Waals surface area contributed by atoms with Crippen LogP contribution in [0.5, 0.6) is 0 Å². The van der Waals surface area contributed by atoms with E-state index in [0.29, 0.717) is 59.5 Å². The van der Waals surface area contributed by atoms with Gasteiger partial charge in [-0.05, 0) is 126 Å². The number of azo groups is 2. The molecule has 27 nitrogen and oxygen atoms in total. The second-order valence-corrected chi connectivity index (χ2v) is 22.4. The van der Waals surface area contributed by atoms with Gasteiger partial charge in [-0.3, -0.25) is 33.3 Å². The Bertz CT molecular complexity index is 3970. The molecule has 0 saturated heterocycles. The molecule has 0 aliphatic rings. The van der Waals surface area contributed by atoms with E-state index in [4.69, 9.17) is 16.5 Å². The number of thiazole rings is 2. The van der Waals surface area contributed by atoms with Crippen LogP contribution in [-0.2, 0) is 29.3 Å². The molecule has 3 aromatic heterocycles. The smallest absolute Gasteiger partial charge is 0.313 e. The fourth-order valence-corrected chi connectivity index (χ4v) is 10.9. The van der Waals surface area contributed by atoms with Gasteiger partial charge in [0.25, 0.3) is 11.8 Å². The van der Waals surface area contributed by atoms with Gasteiger partial charge in [0.15, 0.2) is 16.7 Å². The molecule has 0 bridgehead atoms. The summed E-state index contributed by atoms with van der Waals surface area (Å²) in [5, 5.41) is 38.2. The van der Waals surface area contributed by atoms with Crippen LogP contribution in [0.4, 0.5) is 67.7 Å². The molecule has 0 saturated carbocycles. The maximum Gasteiger partial charge on any atom is 0.313 e. The summed E-state index contributed by atoms with van der Waals surface area (Å²) in [5.74, 6) is -4.18. The summed E-state index contributed by atoms with van der Waals surface area (Å²) in [6.45, 7) is 12.7. The van der Waals surface area contributed by atoms with Crippen LogP contribution >= 0.6 is 34.4 Å². The number of ketones is 2. The lowest BCUT2D eigenvalue weighted by Crippen LogP contribution is -2.21. The molecule has 0 aliphatic carbocycles. The molecular weight excluding hydrogens is 1190 g/mol. The van der Waals surface area contributed by atoms with E-state index in [1.54, 1.807) is 36.4 Å². The van der Waals surface area contributed by atoms with Gasteiger partial charge in [0.1, 0.15) is 11.4 Å². The van der Waals surface area contributed by atoms with Crippen molar-refractivity contribution in [3.05, 3.63) is 123 Å². The summed E-state index contributed by atoms with van der Waals surface area (Å²) in [6, 6.07) is 22.2. The van der Waals surface area contributed by atoms with Crippen LogP contribution in [0.25, 0.3) is 12.2 Å². The van der Waals surface area contributed by atoms with Crippen LogP contribution in [0.1, 0.15) is 72.0 Å². The van der Waals surface area contributed by atoms with E-state index in [1.165, 1.54) is 55.6 Å². The number of hydrogen-bond donors (Lipinski definition) is 8. The van der Waals surface area contributed by atoms with Crippen LogP contribution in [0, 0.1) is 0 Å². The van der Waals surface area contributed by atoms with E-state index in [2.05, 4.69) is 71.5 Å². The Hall–Kier alpha value is -9.53. The molecule has 4 aromatic carbocycles. The Morgan fingerprint density at radius 1 is 0.640 bits per heavy atom. The second-order valence-electron chi connectivity index (χ2n) is 17.9. The lowest BCUT2D eigenvalue weighted by Gasteiger charge is -2.22. The van der Waals surface area contributed by atoms with Crippen molar-refractivity contribution in [2.75, 3.05) is 69.6 Å². The highest BCUT2D eigenvalue weighted by Crippen LogP contribution is 2.38. The van der Waals surface area contributed by atoms with Crippen LogP contribution < -0.4 is 42.5 Å². The number of nitrogens with one attached hydrogen (secondary N) is 4. The number of anilines is 8. The number of carbonyl (C=O) groups excluding carboxylic acids is 6. The number of hydrogen-bond acceptors (Lipinski definition) is 25. The highest BCUT2D eigenvalue weighted by molar-refractivity contribution is 7.99. The van der Waals surface area contributed by atoms with Gasteiger partial charge in [0.05, 0.1) is 38.9 Å². The van der Waals surface area contributed by atoms with Gasteiger partial charge in [-0.25, -0.2) is 9.97 Å². The predicted octanol–water partition coefficient (Wildman–Crippen LogP) is 9.55. The number of aliphatic hydroxyl groups is 1. The SMILES string of the molecule is CCN(CC)c1ccc(/N=N/c2ncc(/C=C(\C(C)=O)C(=O)Nc3cccc(C(N)=O)c3)s2)c(Nc2nc(Nc3cc(N(CC)CC)ccc3/N=N/c3nc(S(=O)(=O)O)c(/C=C(/C(C)=O)C(=O)Nc4cccc(C(N)=O)c4)s3)nc(SCCO)n2)c1. The largest absolute Gasteiger partial charge is 0.396 e. The number of Topliss-reactive ketones (excluding diaryl/α,β-unsaturated/α-hetero) is 2. The number of carbonyl (C=O) groups is 6. The highest BCUT2D eigenvalue weighted by atomic mass is 32.2. The molecule has 4 amide bonds. The van der Waals surface area contributed by atoms with Crippen molar-refractivity contribution >= 4 is 160 Å². The molecule has 0 radical (unpaired) electrons. The first-order valence-electron chi connectivity index (χ1n) is 26.1. The third-order valence-electron chi connectivity index (χ3n) is 12.1. The highest BCUT2D eigenvalue weighted by Gasteiger charge is 2.25. The first-order chi connectivity index (χ1) is 41.1. The molecule has 0 unspecified atom stereocenters. The van der Waals surface area contributed by atoms with E-state index < -0.39 is 55.9 Å². The molecule has 7 aromatic rings. The Labute approximate surface area is 505 Å². The van der Waals surface area contributed by atoms with Gasteiger partial charge in [-0.1, -0.05) is 46.6 Å². The molecule has 86 heavy (non-hydrogen) atoms. The van der Waals surface area contributed by atoms with Crippen molar-refractivity contribution in [1.82, 2.24) is 24.9 Å². The molecule has 0 aliphatic heterocycles. The monoisotopic (exact) mass is 1240 g/mol. The maximum atomic E-state index is 13.4. The zero-order chi connectivity index (χ0) is 62.2. The standard InChI is InChI=1S/C55H57N17O10S4/c1-7-71(8-2)36-17-19-41(67-69-53-58-29-38(84-53)27-39(30(5)74)48(78)59-34-15-11-13-32(23-34)46(56)76)43(25-36)61-51-64-52(66-54(65-51)83-22-21-73)62-44-26-37(72(9-3)10-4)18-20-42(44)68-70-55-63-50(86(80,81)82)45(85-55)28-40(31(6)75)49(79)60-35-16-12-14-33(24-35)47(57)77/h11-20,23-29,73H,7-10,21-22H2,1-6H3,(H2,56,76)(H2,57,77)(H,59,78)(H,60,79)(H,80,81,82)(H2,61,62,64,65,66)/b39-27+,40-28-,69-67+,70-68+. The van der Waals surface area contributed by atoms with E-state index in [-0.39, 0.29) is 78.3 Å². The molecule has 3 heterocycles. The maximum absolute atomic E-state index is 13.4. The number of rotatable bonds is 28. The van der Waals surface area contributed by atoms with Crippen molar-refractivity contribution < 1.29 is 46.8 Å². The summed E-state index contributed by atoms with van der Waals surface area (Å²) < 4.78 is 35.6. The van der Waals surface area contributed by atoms with Crippen LogP contribution in [0.3, 0.4) is 0 Å². The molecule has 31 heteroatoms. The number of thioether (sulfide) groups is 1. The number of aliphatic hydroxyl groups excluding tert-OH is 1. The van der Waals surface area contributed by atoms with Gasteiger partial charge >= 0.3 is 10.1 Å². The number of aromatic nitrogens is 5. The van der Waals surface area contributed by atoms with Gasteiger partial charge in [-0.2, -0.15) is 23.4 Å². The summed E-state index contributed by atoms with van der Waals surface area (Å²) in [6.07, 6.45) is 3.75. The normalized spacial score (nSPS) is 11.9. The molecule has 10 N–H and O–H groups in total. The lowest BCUT2D eigenvalue weighted by molar-refractivity contribution is -0.120. The number of nitrogens with zero attached hydrogens (tertiary/aromatic N) is 11. The number of nitrogens with two attached hydrogens (primary N) is 2. The molecule has 0 spiro atoms. The topological polar surface area (TPSA) is 398 Å². The Kier molecular flexibility index (Phi) is 21.8. The molecule has 0 atom stereocenters. The Morgan fingerprint density at radius 2 is 1.13 bits per heavy atom. The minimum Gasteiger partial charge on any atom is -0.396 e. The fraction of sp³-hybridized carbons (Fsp3) is 0.218. The third-order valence-corrected chi connectivity index (χ3v) is 15.6. The summed E-state index contributed by atoms with van der Waals surface area (Å²) in [5.41, 5.74) is 13.5. The summed E-state index contributed by atoms with van der Waals surface area (Å²) >= 11 is 2.80. The van der Waals surface area contributed by atoms with Crippen molar-refractivity contribution in [1.29, 1.82) is 0 Å². The van der Waals surface area contributed by atoms with Crippen molar-refractivity contribution in [3.8, 4) is 0 Å². The predicted molar refractivity (Wildman–Crippen MR) is 331 cm³/mol. The first kappa shape index (κ1) is 64.0. The van der Waals surface area contributed by atoms with Crippen LogP contribution in [-0.4, -0.2) is 117 Å². The molecule has 446 valence electrons. The van der Waals surface area contributed by atoms with Crippen molar-refractivity contribution in [3.63, 3.8) is 0 Å². The van der Waals surface area contributed by atoms with E-state index in [9.17, 15) is 46.8 Å². The van der Waals surface area contributed by atoms with Gasteiger partial charge in [0, 0.05) is 72.0 Å². The van der Waals surface area contributed by atoms with E-state index >= 15 is 0 Å². The van der Waals surface area contributed by atoms with Gasteiger partial charge in [0.2, 0.25) is 39.0 Å². The minimum absolute atomic E-state index is 0.00652. The lowest BCUT2D eigenvalue weighted by atomic mass is 10.1.